The minimum Gasteiger partial charge on any atom is -0.459 e. The third kappa shape index (κ3) is 4.76. The van der Waals surface area contributed by atoms with Crippen molar-refractivity contribution >= 4 is 39.9 Å². The minimum absolute atomic E-state index is 0.0840. The van der Waals surface area contributed by atoms with Gasteiger partial charge in [0, 0.05) is 10.6 Å². The predicted molar refractivity (Wildman–Crippen MR) is 108 cm³/mol. The number of benzene rings is 1. The van der Waals surface area contributed by atoms with E-state index >= 15 is 0 Å². The number of halogens is 1. The van der Waals surface area contributed by atoms with Crippen molar-refractivity contribution in [2.75, 3.05) is 5.32 Å². The van der Waals surface area contributed by atoms with Crippen LogP contribution in [-0.4, -0.2) is 28.1 Å². The third-order valence-corrected chi connectivity index (χ3v) is 5.38. The topological polar surface area (TPSA) is 97.1 Å². The fraction of sp³-hybridized carbons (Fsp3) is 0.263. The summed E-state index contributed by atoms with van der Waals surface area (Å²) in [6.45, 7) is 3.84. The van der Waals surface area contributed by atoms with Gasteiger partial charge in [-0.3, -0.25) is 14.9 Å². The smallest absolute Gasteiger partial charge is 0.287 e. The van der Waals surface area contributed by atoms with Gasteiger partial charge in [0.1, 0.15) is 11.0 Å². The molecular formula is C19H19ClN4O3S. The molecule has 0 saturated carbocycles. The molecule has 0 radical (unpaired) electrons. The predicted octanol–water partition coefficient (Wildman–Crippen LogP) is 4.23. The first kappa shape index (κ1) is 20.0. The highest BCUT2D eigenvalue weighted by molar-refractivity contribution is 7.18. The summed E-state index contributed by atoms with van der Waals surface area (Å²) in [6.07, 6.45) is 2.12. The molecule has 1 aromatic carbocycles. The van der Waals surface area contributed by atoms with E-state index in [9.17, 15) is 9.59 Å². The standard InChI is InChI=1S/C19H19ClN4O3S/c1-3-11(2)15(21-16(25)14-8-5-9-27-14)17(26)22-19-24-23-18(28-19)12-6-4-7-13(20)10-12/h4-11,15H,3H2,1-2H3,(H,21,25)(H,22,24,26)/t11-,15+/m1/s1. The largest absolute Gasteiger partial charge is 0.459 e. The molecule has 0 spiro atoms. The zero-order valence-electron chi connectivity index (χ0n) is 15.3. The van der Waals surface area contributed by atoms with Crippen molar-refractivity contribution in [3.8, 4) is 10.6 Å². The molecule has 2 N–H and O–H groups in total. The number of rotatable bonds is 7. The molecule has 3 aromatic rings. The molecule has 2 atom stereocenters. The van der Waals surface area contributed by atoms with E-state index in [1.54, 1.807) is 24.3 Å². The van der Waals surface area contributed by atoms with Crippen LogP contribution in [0.15, 0.2) is 47.1 Å². The van der Waals surface area contributed by atoms with Gasteiger partial charge < -0.3 is 9.73 Å². The highest BCUT2D eigenvalue weighted by atomic mass is 35.5. The summed E-state index contributed by atoms with van der Waals surface area (Å²) in [5, 5.41) is 15.2. The number of hydrogen-bond acceptors (Lipinski definition) is 6. The summed E-state index contributed by atoms with van der Waals surface area (Å²) in [4.78, 5) is 25.1. The summed E-state index contributed by atoms with van der Waals surface area (Å²) in [7, 11) is 0. The van der Waals surface area contributed by atoms with Gasteiger partial charge in [0.2, 0.25) is 11.0 Å². The lowest BCUT2D eigenvalue weighted by Gasteiger charge is -2.22. The maximum atomic E-state index is 12.8. The fourth-order valence-corrected chi connectivity index (χ4v) is 3.45. The Labute approximate surface area is 171 Å². The van der Waals surface area contributed by atoms with E-state index in [0.717, 1.165) is 5.56 Å². The molecule has 0 aliphatic heterocycles. The number of aromatic nitrogens is 2. The van der Waals surface area contributed by atoms with Crippen molar-refractivity contribution in [2.24, 2.45) is 5.92 Å². The monoisotopic (exact) mass is 418 g/mol. The van der Waals surface area contributed by atoms with Crippen LogP contribution in [0.2, 0.25) is 5.02 Å². The van der Waals surface area contributed by atoms with E-state index < -0.39 is 11.9 Å². The lowest BCUT2D eigenvalue weighted by atomic mass is 9.98. The number of carbonyl (C=O) groups is 2. The number of carbonyl (C=O) groups excluding carboxylic acids is 2. The summed E-state index contributed by atoms with van der Waals surface area (Å²) >= 11 is 7.24. The molecule has 0 saturated heterocycles. The normalized spacial score (nSPS) is 13.0. The van der Waals surface area contributed by atoms with Crippen LogP contribution in [0.3, 0.4) is 0 Å². The first-order valence-corrected chi connectivity index (χ1v) is 9.92. The second-order valence-corrected chi connectivity index (χ2v) is 7.64. The van der Waals surface area contributed by atoms with E-state index in [1.165, 1.54) is 17.6 Å². The number of hydrogen-bond donors (Lipinski definition) is 2. The lowest BCUT2D eigenvalue weighted by molar-refractivity contribution is -0.119. The zero-order chi connectivity index (χ0) is 20.1. The highest BCUT2D eigenvalue weighted by Gasteiger charge is 2.28. The third-order valence-electron chi connectivity index (χ3n) is 4.25. The van der Waals surface area contributed by atoms with Crippen LogP contribution in [0.4, 0.5) is 5.13 Å². The van der Waals surface area contributed by atoms with Crippen LogP contribution in [0.1, 0.15) is 30.8 Å². The Balaban J connectivity index is 1.72. The number of amides is 2. The second-order valence-electron chi connectivity index (χ2n) is 6.23. The van der Waals surface area contributed by atoms with Gasteiger partial charge >= 0.3 is 0 Å². The summed E-state index contributed by atoms with van der Waals surface area (Å²) in [5.41, 5.74) is 0.815. The zero-order valence-corrected chi connectivity index (χ0v) is 16.9. The van der Waals surface area contributed by atoms with Gasteiger partial charge in [-0.1, -0.05) is 55.3 Å². The van der Waals surface area contributed by atoms with E-state index in [0.29, 0.717) is 21.6 Å². The number of nitrogens with one attached hydrogen (secondary N) is 2. The highest BCUT2D eigenvalue weighted by Crippen LogP contribution is 2.28. The van der Waals surface area contributed by atoms with Gasteiger partial charge in [-0.15, -0.1) is 10.2 Å². The lowest BCUT2D eigenvalue weighted by Crippen LogP contribution is -2.47. The maximum Gasteiger partial charge on any atom is 0.287 e. The van der Waals surface area contributed by atoms with Crippen LogP contribution < -0.4 is 10.6 Å². The molecule has 0 fully saturated rings. The average Bonchev–Trinajstić information content (AvgIpc) is 3.37. The van der Waals surface area contributed by atoms with Gasteiger partial charge in [-0.25, -0.2) is 0 Å². The number of nitrogens with zero attached hydrogens (tertiary/aromatic N) is 2. The van der Waals surface area contributed by atoms with Crippen molar-refractivity contribution in [3.05, 3.63) is 53.4 Å². The van der Waals surface area contributed by atoms with E-state index in [-0.39, 0.29) is 17.6 Å². The van der Waals surface area contributed by atoms with Crippen LogP contribution in [0.25, 0.3) is 10.6 Å². The van der Waals surface area contributed by atoms with Gasteiger partial charge in [0.15, 0.2) is 5.76 Å². The summed E-state index contributed by atoms with van der Waals surface area (Å²) in [5.74, 6) is -0.732. The molecule has 2 heterocycles. The summed E-state index contributed by atoms with van der Waals surface area (Å²) < 4.78 is 5.09. The molecule has 2 amide bonds. The average molecular weight is 419 g/mol. The molecule has 28 heavy (non-hydrogen) atoms. The minimum atomic E-state index is -0.735. The van der Waals surface area contributed by atoms with Crippen LogP contribution in [0.5, 0.6) is 0 Å². The Kier molecular flexibility index (Phi) is 6.43. The van der Waals surface area contributed by atoms with Crippen molar-refractivity contribution in [1.82, 2.24) is 15.5 Å². The molecule has 0 aliphatic rings. The van der Waals surface area contributed by atoms with Gasteiger partial charge in [0.25, 0.3) is 5.91 Å². The van der Waals surface area contributed by atoms with Crippen molar-refractivity contribution < 1.29 is 14.0 Å². The van der Waals surface area contributed by atoms with E-state index in [1.807, 2.05) is 26.0 Å². The van der Waals surface area contributed by atoms with Crippen molar-refractivity contribution in [2.45, 2.75) is 26.3 Å². The van der Waals surface area contributed by atoms with E-state index in [4.69, 9.17) is 16.0 Å². The van der Waals surface area contributed by atoms with Crippen LogP contribution in [-0.2, 0) is 4.79 Å². The molecule has 0 unspecified atom stereocenters. The maximum absolute atomic E-state index is 12.8. The first-order chi connectivity index (χ1) is 13.5. The molecule has 0 bridgehead atoms. The quantitative estimate of drug-likeness (QED) is 0.598. The second kappa shape index (κ2) is 8.99. The fourth-order valence-electron chi connectivity index (χ4n) is 2.52. The Morgan fingerprint density at radius 2 is 2.07 bits per heavy atom. The molecule has 0 aliphatic carbocycles. The van der Waals surface area contributed by atoms with Gasteiger partial charge in [-0.2, -0.15) is 0 Å². The SMILES string of the molecule is CC[C@@H](C)[C@H](NC(=O)c1ccco1)C(=O)Nc1nnc(-c2cccc(Cl)c2)s1. The van der Waals surface area contributed by atoms with Crippen LogP contribution in [0, 0.1) is 5.92 Å². The summed E-state index contributed by atoms with van der Waals surface area (Å²) in [6, 6.07) is 9.66. The first-order valence-electron chi connectivity index (χ1n) is 8.72. The van der Waals surface area contributed by atoms with E-state index in [2.05, 4.69) is 20.8 Å². The van der Waals surface area contributed by atoms with Crippen molar-refractivity contribution in [1.29, 1.82) is 0 Å². The Morgan fingerprint density at radius 3 is 2.75 bits per heavy atom. The Hall–Kier alpha value is -2.71. The Bertz CT molecular complexity index is 958. The molecule has 7 nitrogen and oxygen atoms in total. The molecule has 2 aromatic heterocycles. The van der Waals surface area contributed by atoms with Crippen LogP contribution >= 0.6 is 22.9 Å². The number of furan rings is 1. The van der Waals surface area contributed by atoms with Crippen molar-refractivity contribution in [3.63, 3.8) is 0 Å². The number of anilines is 1. The molecule has 146 valence electrons. The molecule has 3 rings (SSSR count). The Morgan fingerprint density at radius 1 is 1.25 bits per heavy atom. The van der Waals surface area contributed by atoms with Gasteiger partial charge in [-0.05, 0) is 30.2 Å². The molecule has 9 heteroatoms. The molecular weight excluding hydrogens is 400 g/mol. The van der Waals surface area contributed by atoms with Gasteiger partial charge in [0.05, 0.1) is 6.26 Å².